The number of rotatable bonds is 15. The Balaban J connectivity index is 2.39. The highest BCUT2D eigenvalue weighted by Crippen LogP contribution is 2.40. The number of ketones is 1. The molecule has 1 aliphatic carbocycles. The van der Waals surface area contributed by atoms with Crippen molar-refractivity contribution in [1.82, 2.24) is 0 Å². The molecular formula is C26H42O5. The molecule has 0 radical (unpaired) electrons. The van der Waals surface area contributed by atoms with Crippen molar-refractivity contribution in [2.75, 3.05) is 7.11 Å². The van der Waals surface area contributed by atoms with Gasteiger partial charge < -0.3 is 9.47 Å². The molecule has 0 aromatic rings. The Labute approximate surface area is 188 Å². The minimum Gasteiger partial charge on any atom is -0.466 e. The van der Waals surface area contributed by atoms with Crippen molar-refractivity contribution in [3.05, 3.63) is 23.8 Å². The van der Waals surface area contributed by atoms with Gasteiger partial charge in [-0.1, -0.05) is 43.8 Å². The fourth-order valence-corrected chi connectivity index (χ4v) is 4.55. The molecule has 0 spiro atoms. The minimum atomic E-state index is -0.518. The Hall–Kier alpha value is -1.91. The van der Waals surface area contributed by atoms with Gasteiger partial charge in [0.1, 0.15) is 6.10 Å². The lowest BCUT2D eigenvalue weighted by Gasteiger charge is -2.24. The summed E-state index contributed by atoms with van der Waals surface area (Å²) in [5, 5.41) is 0. The molecule has 31 heavy (non-hydrogen) atoms. The first kappa shape index (κ1) is 27.1. The number of esters is 2. The van der Waals surface area contributed by atoms with Gasteiger partial charge in [-0.2, -0.15) is 0 Å². The second-order valence-electron chi connectivity index (χ2n) is 8.99. The van der Waals surface area contributed by atoms with Gasteiger partial charge in [0.2, 0.25) is 0 Å². The van der Waals surface area contributed by atoms with Crippen molar-refractivity contribution in [1.29, 1.82) is 0 Å². The summed E-state index contributed by atoms with van der Waals surface area (Å²) in [6.07, 6.45) is 17.5. The second kappa shape index (κ2) is 15.8. The molecule has 1 saturated carbocycles. The van der Waals surface area contributed by atoms with Crippen LogP contribution in [0.25, 0.3) is 0 Å². The smallest absolute Gasteiger partial charge is 0.330 e. The third kappa shape index (κ3) is 12.5. The lowest BCUT2D eigenvalue weighted by molar-refractivity contribution is -0.148. The van der Waals surface area contributed by atoms with Crippen LogP contribution in [0.4, 0.5) is 0 Å². The number of hydrogen-bond acceptors (Lipinski definition) is 5. The van der Waals surface area contributed by atoms with E-state index < -0.39 is 5.97 Å². The van der Waals surface area contributed by atoms with Gasteiger partial charge in [-0.15, -0.1) is 0 Å². The maximum atomic E-state index is 12.0. The first-order valence-corrected chi connectivity index (χ1v) is 11.9. The lowest BCUT2D eigenvalue weighted by Crippen LogP contribution is -2.24. The van der Waals surface area contributed by atoms with Gasteiger partial charge in [-0.05, 0) is 70.3 Å². The molecule has 0 saturated heterocycles. The maximum absolute atomic E-state index is 12.0. The van der Waals surface area contributed by atoms with E-state index in [1.165, 1.54) is 76.7 Å². The predicted octanol–water partition coefficient (Wildman–Crippen LogP) is 6.11. The summed E-state index contributed by atoms with van der Waals surface area (Å²) in [5.74, 6) is 0.0898. The maximum Gasteiger partial charge on any atom is 0.330 e. The fraction of sp³-hybridized carbons (Fsp3) is 0.731. The molecule has 0 bridgehead atoms. The molecule has 0 aliphatic heterocycles. The van der Waals surface area contributed by atoms with E-state index >= 15 is 0 Å². The van der Waals surface area contributed by atoms with Crippen molar-refractivity contribution in [2.24, 2.45) is 11.8 Å². The summed E-state index contributed by atoms with van der Waals surface area (Å²) >= 11 is 0. The van der Waals surface area contributed by atoms with E-state index in [0.717, 1.165) is 25.7 Å². The van der Waals surface area contributed by atoms with Crippen molar-refractivity contribution >= 4 is 17.7 Å². The van der Waals surface area contributed by atoms with Gasteiger partial charge in [0.25, 0.3) is 0 Å². The summed E-state index contributed by atoms with van der Waals surface area (Å²) in [6.45, 7) is 5.77. The van der Waals surface area contributed by atoms with E-state index in [2.05, 4.69) is 24.7 Å². The molecule has 3 atom stereocenters. The molecule has 0 aromatic carbocycles. The summed E-state index contributed by atoms with van der Waals surface area (Å²) in [6, 6.07) is 0. The van der Waals surface area contributed by atoms with Crippen LogP contribution in [0.2, 0.25) is 0 Å². The van der Waals surface area contributed by atoms with E-state index in [-0.39, 0.29) is 17.9 Å². The SMILES string of the molecule is COC(=O)C=CC(=O)CCC[C@@H]1[C@@H](CCCCCCCC=C(C)C)CC[C@@H]1OC(C)=O. The largest absolute Gasteiger partial charge is 0.466 e. The number of carbonyl (C=O) groups excluding carboxylic acids is 3. The van der Waals surface area contributed by atoms with E-state index in [0.29, 0.717) is 18.3 Å². The molecule has 5 heteroatoms. The van der Waals surface area contributed by atoms with Gasteiger partial charge in [0.15, 0.2) is 5.78 Å². The first-order chi connectivity index (χ1) is 14.8. The second-order valence-corrected chi connectivity index (χ2v) is 8.99. The van der Waals surface area contributed by atoms with E-state index in [1.807, 2.05) is 0 Å². The third-order valence-electron chi connectivity index (χ3n) is 6.12. The zero-order chi connectivity index (χ0) is 23.1. The van der Waals surface area contributed by atoms with Crippen LogP contribution in [-0.2, 0) is 23.9 Å². The van der Waals surface area contributed by atoms with Crippen molar-refractivity contribution in [2.45, 2.75) is 104 Å². The van der Waals surface area contributed by atoms with Crippen molar-refractivity contribution < 1.29 is 23.9 Å². The van der Waals surface area contributed by atoms with Crippen LogP contribution in [0, 0.1) is 11.8 Å². The van der Waals surface area contributed by atoms with Crippen molar-refractivity contribution in [3.8, 4) is 0 Å². The number of ether oxygens (including phenoxy) is 2. The van der Waals surface area contributed by atoms with Crippen LogP contribution in [0.5, 0.6) is 0 Å². The molecule has 1 rings (SSSR count). The van der Waals surface area contributed by atoms with Gasteiger partial charge in [-0.3, -0.25) is 9.59 Å². The monoisotopic (exact) mass is 434 g/mol. The van der Waals surface area contributed by atoms with Crippen LogP contribution < -0.4 is 0 Å². The fourth-order valence-electron chi connectivity index (χ4n) is 4.55. The van der Waals surface area contributed by atoms with Crippen LogP contribution >= 0.6 is 0 Å². The zero-order valence-corrected chi connectivity index (χ0v) is 20.0. The van der Waals surface area contributed by atoms with Crippen LogP contribution in [0.15, 0.2) is 23.8 Å². The molecule has 0 aromatic heterocycles. The Morgan fingerprint density at radius 2 is 1.58 bits per heavy atom. The molecular weight excluding hydrogens is 392 g/mol. The molecule has 5 nitrogen and oxygen atoms in total. The number of carbonyl (C=O) groups is 3. The van der Waals surface area contributed by atoms with Crippen LogP contribution in [0.3, 0.4) is 0 Å². The molecule has 0 N–H and O–H groups in total. The topological polar surface area (TPSA) is 69.7 Å². The van der Waals surface area contributed by atoms with Gasteiger partial charge in [0.05, 0.1) is 7.11 Å². The van der Waals surface area contributed by atoms with E-state index in [4.69, 9.17) is 4.74 Å². The zero-order valence-electron chi connectivity index (χ0n) is 20.0. The summed E-state index contributed by atoms with van der Waals surface area (Å²) < 4.78 is 10.1. The van der Waals surface area contributed by atoms with Crippen LogP contribution in [-0.4, -0.2) is 30.9 Å². The van der Waals surface area contributed by atoms with Gasteiger partial charge >= 0.3 is 11.9 Å². The average Bonchev–Trinajstić information content (AvgIpc) is 3.08. The number of methoxy groups -OCH3 is 1. The highest BCUT2D eigenvalue weighted by molar-refractivity contribution is 5.95. The molecule has 0 heterocycles. The molecule has 176 valence electrons. The Morgan fingerprint density at radius 3 is 2.26 bits per heavy atom. The Morgan fingerprint density at radius 1 is 0.871 bits per heavy atom. The van der Waals surface area contributed by atoms with Gasteiger partial charge in [-0.25, -0.2) is 4.79 Å². The lowest BCUT2D eigenvalue weighted by atomic mass is 9.85. The third-order valence-corrected chi connectivity index (χ3v) is 6.12. The molecule has 1 fully saturated rings. The average molecular weight is 435 g/mol. The van der Waals surface area contributed by atoms with Crippen LogP contribution in [0.1, 0.15) is 97.8 Å². The summed E-state index contributed by atoms with van der Waals surface area (Å²) in [5.41, 5.74) is 1.40. The van der Waals surface area contributed by atoms with E-state index in [1.54, 1.807) is 0 Å². The Bertz CT molecular complexity index is 615. The molecule has 0 amide bonds. The number of hydrogen-bond donors (Lipinski definition) is 0. The Kier molecular flexibility index (Phi) is 13.8. The standard InChI is InChI=1S/C26H42O5/c1-20(2)12-9-7-5-6-8-10-13-22-16-18-25(31-21(3)27)24(22)15-11-14-23(28)17-19-26(29)30-4/h12,17,19,22,24-25H,5-11,13-16,18H2,1-4H3/t22-,24+,25-/m0/s1. The highest BCUT2D eigenvalue weighted by atomic mass is 16.5. The minimum absolute atomic E-state index is 0.0210. The predicted molar refractivity (Wildman–Crippen MR) is 124 cm³/mol. The summed E-state index contributed by atoms with van der Waals surface area (Å²) in [4.78, 5) is 34.6. The van der Waals surface area contributed by atoms with E-state index in [9.17, 15) is 14.4 Å². The molecule has 1 aliphatic rings. The highest BCUT2D eigenvalue weighted by Gasteiger charge is 2.37. The summed E-state index contributed by atoms with van der Waals surface area (Å²) in [7, 11) is 1.29. The van der Waals surface area contributed by atoms with Crippen molar-refractivity contribution in [3.63, 3.8) is 0 Å². The normalized spacial score (nSPS) is 20.6. The quantitative estimate of drug-likeness (QED) is 0.135. The number of allylic oxidation sites excluding steroid dienone is 3. The first-order valence-electron chi connectivity index (χ1n) is 11.9. The number of unbranched alkanes of at least 4 members (excludes halogenated alkanes) is 5. The van der Waals surface area contributed by atoms with Gasteiger partial charge in [0, 0.05) is 19.4 Å². The molecule has 0 unspecified atom stereocenters.